The minimum Gasteiger partial charge on any atom is -0.340 e. The first-order chi connectivity index (χ1) is 9.28. The molecule has 2 atom stereocenters. The van der Waals surface area contributed by atoms with E-state index in [2.05, 4.69) is 15.1 Å². The lowest BCUT2D eigenvalue weighted by Crippen LogP contribution is -2.52. The summed E-state index contributed by atoms with van der Waals surface area (Å²) < 4.78 is 0. The van der Waals surface area contributed by atoms with Crippen LogP contribution < -0.4 is 5.32 Å². The first-order valence-electron chi connectivity index (χ1n) is 8.02. The van der Waals surface area contributed by atoms with Gasteiger partial charge in [-0.25, -0.2) is 0 Å². The summed E-state index contributed by atoms with van der Waals surface area (Å²) >= 11 is 0. The fraction of sp³-hybridized carbons (Fsp3) is 0.933. The van der Waals surface area contributed by atoms with Crippen molar-refractivity contribution in [1.82, 2.24) is 15.1 Å². The molecule has 4 fully saturated rings. The highest BCUT2D eigenvalue weighted by Crippen LogP contribution is 2.59. The molecule has 4 aliphatic rings. The number of hydrogen-bond donors (Lipinski definition) is 1. The van der Waals surface area contributed by atoms with Gasteiger partial charge in [-0.2, -0.15) is 0 Å². The van der Waals surface area contributed by atoms with Crippen LogP contribution in [0.15, 0.2) is 0 Å². The normalized spacial score (nSPS) is 37.4. The highest BCUT2D eigenvalue weighted by Gasteiger charge is 2.58. The number of piperazine rings is 1. The maximum absolute atomic E-state index is 12.7. The summed E-state index contributed by atoms with van der Waals surface area (Å²) in [5, 5.41) is 3.42. The van der Waals surface area contributed by atoms with Gasteiger partial charge in [0.05, 0.1) is 0 Å². The van der Waals surface area contributed by atoms with Gasteiger partial charge in [-0.15, -0.1) is 0 Å². The summed E-state index contributed by atoms with van der Waals surface area (Å²) in [5.74, 6) is 0.844. The van der Waals surface area contributed by atoms with Gasteiger partial charge in [0.15, 0.2) is 0 Å². The highest BCUT2D eigenvalue weighted by molar-refractivity contribution is 5.83. The Morgan fingerprint density at radius 3 is 2.84 bits per heavy atom. The lowest BCUT2D eigenvalue weighted by atomic mass is 9.91. The summed E-state index contributed by atoms with van der Waals surface area (Å²) in [6, 6.07) is 0.667. The van der Waals surface area contributed by atoms with E-state index in [0.29, 0.717) is 23.3 Å². The summed E-state index contributed by atoms with van der Waals surface area (Å²) in [7, 11) is 0. The second kappa shape index (κ2) is 4.45. The van der Waals surface area contributed by atoms with Gasteiger partial charge in [0.25, 0.3) is 0 Å². The predicted molar refractivity (Wildman–Crippen MR) is 73.8 cm³/mol. The lowest BCUT2D eigenvalue weighted by molar-refractivity contribution is -0.136. The molecule has 1 N–H and O–H groups in total. The first kappa shape index (κ1) is 12.2. The SMILES string of the molecule is O=C(C1CC12CCNCC2)N1CCN2CCCC2C1. The van der Waals surface area contributed by atoms with Crippen LogP contribution in [0, 0.1) is 11.3 Å². The Morgan fingerprint density at radius 2 is 2.00 bits per heavy atom. The first-order valence-corrected chi connectivity index (χ1v) is 8.02. The number of nitrogens with zero attached hydrogens (tertiary/aromatic N) is 2. The molecule has 0 aromatic carbocycles. The fourth-order valence-corrected chi connectivity index (χ4v) is 4.59. The molecule has 3 saturated heterocycles. The maximum Gasteiger partial charge on any atom is 0.226 e. The van der Waals surface area contributed by atoms with Gasteiger partial charge in [-0.3, -0.25) is 9.69 Å². The monoisotopic (exact) mass is 263 g/mol. The quantitative estimate of drug-likeness (QED) is 0.756. The molecular formula is C15H25N3O. The van der Waals surface area contributed by atoms with Crippen molar-refractivity contribution in [2.24, 2.45) is 11.3 Å². The van der Waals surface area contributed by atoms with Crippen LogP contribution in [-0.2, 0) is 4.79 Å². The average Bonchev–Trinajstić information content (AvgIpc) is 2.93. The van der Waals surface area contributed by atoms with Crippen molar-refractivity contribution in [3.05, 3.63) is 0 Å². The molecule has 1 spiro atoms. The fourth-order valence-electron chi connectivity index (χ4n) is 4.59. The summed E-state index contributed by atoms with van der Waals surface area (Å²) in [6.45, 7) is 6.56. The molecule has 19 heavy (non-hydrogen) atoms. The van der Waals surface area contributed by atoms with Crippen molar-refractivity contribution in [2.45, 2.75) is 38.1 Å². The number of rotatable bonds is 1. The lowest BCUT2D eigenvalue weighted by Gasteiger charge is -2.38. The molecule has 3 heterocycles. The maximum atomic E-state index is 12.7. The van der Waals surface area contributed by atoms with Crippen molar-refractivity contribution < 1.29 is 4.79 Å². The van der Waals surface area contributed by atoms with Gasteiger partial charge < -0.3 is 10.2 Å². The van der Waals surface area contributed by atoms with E-state index in [0.717, 1.165) is 32.7 Å². The Hall–Kier alpha value is -0.610. The molecule has 1 aliphatic carbocycles. The van der Waals surface area contributed by atoms with E-state index in [1.165, 1.54) is 38.6 Å². The van der Waals surface area contributed by atoms with Crippen LogP contribution in [0.4, 0.5) is 0 Å². The number of carbonyl (C=O) groups is 1. The molecule has 0 aromatic rings. The third kappa shape index (κ3) is 2.00. The number of fused-ring (bicyclic) bond motifs is 1. The molecule has 0 radical (unpaired) electrons. The second-order valence-electron chi connectivity index (χ2n) is 6.99. The van der Waals surface area contributed by atoms with Gasteiger partial charge in [0.1, 0.15) is 0 Å². The molecule has 106 valence electrons. The molecule has 4 nitrogen and oxygen atoms in total. The van der Waals surface area contributed by atoms with Crippen LogP contribution in [0.5, 0.6) is 0 Å². The summed E-state index contributed by atoms with van der Waals surface area (Å²) in [5.41, 5.74) is 0.398. The number of hydrogen-bond acceptors (Lipinski definition) is 3. The van der Waals surface area contributed by atoms with Crippen molar-refractivity contribution in [3.63, 3.8) is 0 Å². The molecule has 1 amide bonds. The van der Waals surface area contributed by atoms with Crippen molar-refractivity contribution in [1.29, 1.82) is 0 Å². The third-order valence-electron chi connectivity index (χ3n) is 5.99. The molecule has 0 aromatic heterocycles. The van der Waals surface area contributed by atoms with Crippen LogP contribution in [0.3, 0.4) is 0 Å². The number of piperidine rings is 1. The largest absolute Gasteiger partial charge is 0.340 e. The van der Waals surface area contributed by atoms with E-state index < -0.39 is 0 Å². The summed E-state index contributed by atoms with van der Waals surface area (Å²) in [6.07, 6.45) is 6.22. The van der Waals surface area contributed by atoms with Gasteiger partial charge >= 0.3 is 0 Å². The number of nitrogens with one attached hydrogen (secondary N) is 1. The predicted octanol–water partition coefficient (Wildman–Crippen LogP) is 0.683. The van der Waals surface area contributed by atoms with Gasteiger partial charge in [-0.1, -0.05) is 0 Å². The number of amides is 1. The smallest absolute Gasteiger partial charge is 0.226 e. The Labute approximate surface area is 115 Å². The summed E-state index contributed by atoms with van der Waals surface area (Å²) in [4.78, 5) is 17.5. The van der Waals surface area contributed by atoms with E-state index in [9.17, 15) is 4.79 Å². The van der Waals surface area contributed by atoms with Crippen LogP contribution in [-0.4, -0.2) is 61.0 Å². The molecule has 2 unspecified atom stereocenters. The topological polar surface area (TPSA) is 35.6 Å². The average molecular weight is 263 g/mol. The van der Waals surface area contributed by atoms with Crippen molar-refractivity contribution >= 4 is 5.91 Å². The zero-order chi connectivity index (χ0) is 12.9. The van der Waals surface area contributed by atoms with Gasteiger partial charge in [0.2, 0.25) is 5.91 Å². The Balaban J connectivity index is 1.39. The molecule has 4 heteroatoms. The molecule has 3 aliphatic heterocycles. The van der Waals surface area contributed by atoms with Crippen LogP contribution in [0.25, 0.3) is 0 Å². The van der Waals surface area contributed by atoms with Crippen LogP contribution in [0.2, 0.25) is 0 Å². The van der Waals surface area contributed by atoms with E-state index in [1.54, 1.807) is 0 Å². The standard InChI is InChI=1S/C15H25N3O/c19-14(13-10-15(13)3-5-16-6-4-15)18-9-8-17-7-1-2-12(17)11-18/h12-13,16H,1-11H2. The van der Waals surface area contributed by atoms with Gasteiger partial charge in [0, 0.05) is 31.6 Å². The molecule has 1 saturated carbocycles. The van der Waals surface area contributed by atoms with E-state index >= 15 is 0 Å². The zero-order valence-electron chi connectivity index (χ0n) is 11.7. The molecule has 0 bridgehead atoms. The van der Waals surface area contributed by atoms with E-state index in [4.69, 9.17) is 0 Å². The molecular weight excluding hydrogens is 238 g/mol. The van der Waals surface area contributed by atoms with Crippen molar-refractivity contribution in [3.8, 4) is 0 Å². The Kier molecular flexibility index (Phi) is 2.85. The van der Waals surface area contributed by atoms with Gasteiger partial charge in [-0.05, 0) is 57.2 Å². The molecule has 4 rings (SSSR count). The highest BCUT2D eigenvalue weighted by atomic mass is 16.2. The van der Waals surface area contributed by atoms with Crippen LogP contribution in [0.1, 0.15) is 32.1 Å². The minimum absolute atomic E-state index is 0.363. The van der Waals surface area contributed by atoms with E-state index in [-0.39, 0.29) is 0 Å². The minimum atomic E-state index is 0.363. The van der Waals surface area contributed by atoms with Crippen molar-refractivity contribution in [2.75, 3.05) is 39.3 Å². The Bertz CT molecular complexity index is 378. The van der Waals surface area contributed by atoms with Crippen LogP contribution >= 0.6 is 0 Å². The third-order valence-corrected chi connectivity index (χ3v) is 5.99. The Morgan fingerprint density at radius 1 is 1.16 bits per heavy atom. The zero-order valence-corrected chi connectivity index (χ0v) is 11.7. The number of carbonyl (C=O) groups excluding carboxylic acids is 1. The van der Waals surface area contributed by atoms with E-state index in [1.807, 2.05) is 0 Å². The second-order valence-corrected chi connectivity index (χ2v) is 6.99.